The van der Waals surface area contributed by atoms with Gasteiger partial charge in [-0.25, -0.2) is 0 Å². The fraction of sp³-hybridized carbons (Fsp3) is 0.188. The first-order valence-corrected chi connectivity index (χ1v) is 6.13. The largest absolute Gasteiger partial charge is 0.491 e. The summed E-state index contributed by atoms with van der Waals surface area (Å²) in [6.07, 6.45) is 0. The number of para-hydroxylation sites is 1. The van der Waals surface area contributed by atoms with Gasteiger partial charge in [-0.15, -0.1) is 0 Å². The molecule has 0 unspecified atom stereocenters. The van der Waals surface area contributed by atoms with E-state index in [2.05, 4.69) is 6.07 Å². The summed E-state index contributed by atoms with van der Waals surface area (Å²) in [7, 11) is 0. The quantitative estimate of drug-likeness (QED) is 0.743. The van der Waals surface area contributed by atoms with Gasteiger partial charge in [-0.05, 0) is 29.8 Å². The van der Waals surface area contributed by atoms with Crippen molar-refractivity contribution >= 4 is 0 Å². The molecule has 0 aliphatic rings. The predicted molar refractivity (Wildman–Crippen MR) is 72.8 cm³/mol. The summed E-state index contributed by atoms with van der Waals surface area (Å²) in [5.41, 5.74) is 1.65. The summed E-state index contributed by atoms with van der Waals surface area (Å²) in [6, 6.07) is 19.2. The average Bonchev–Trinajstić information content (AvgIpc) is 2.48. The molecule has 96 valence electrons. The third-order valence-corrected chi connectivity index (χ3v) is 2.56. The van der Waals surface area contributed by atoms with Crippen LogP contribution in [0.1, 0.15) is 11.1 Å². The smallest absolute Gasteiger partial charge is 0.119 e. The van der Waals surface area contributed by atoms with Crippen LogP contribution in [0.15, 0.2) is 54.6 Å². The maximum Gasteiger partial charge on any atom is 0.119 e. The van der Waals surface area contributed by atoms with Gasteiger partial charge in [0.05, 0.1) is 24.8 Å². The van der Waals surface area contributed by atoms with E-state index in [1.807, 2.05) is 48.5 Å². The molecule has 0 heterocycles. The highest BCUT2D eigenvalue weighted by atomic mass is 16.5. The Morgan fingerprint density at radius 2 is 1.79 bits per heavy atom. The molecule has 0 aliphatic heterocycles. The molecule has 3 nitrogen and oxygen atoms in total. The summed E-state index contributed by atoms with van der Waals surface area (Å²) in [6.45, 7) is 1.53. The number of ether oxygens (including phenoxy) is 2. The van der Waals surface area contributed by atoms with Gasteiger partial charge < -0.3 is 9.47 Å². The van der Waals surface area contributed by atoms with Crippen molar-refractivity contribution in [1.82, 2.24) is 0 Å². The van der Waals surface area contributed by atoms with Crippen LogP contribution in [0.2, 0.25) is 0 Å². The van der Waals surface area contributed by atoms with Crippen molar-refractivity contribution in [3.05, 3.63) is 65.7 Å². The minimum Gasteiger partial charge on any atom is -0.491 e. The molecule has 0 fully saturated rings. The topological polar surface area (TPSA) is 42.2 Å². The van der Waals surface area contributed by atoms with Gasteiger partial charge in [-0.1, -0.05) is 30.3 Å². The second-order valence-electron chi connectivity index (χ2n) is 4.03. The van der Waals surface area contributed by atoms with Crippen molar-refractivity contribution in [3.63, 3.8) is 0 Å². The molecule has 0 N–H and O–H groups in total. The Morgan fingerprint density at radius 1 is 0.947 bits per heavy atom. The Morgan fingerprint density at radius 3 is 2.58 bits per heavy atom. The molecule has 19 heavy (non-hydrogen) atoms. The van der Waals surface area contributed by atoms with Gasteiger partial charge in [0.15, 0.2) is 0 Å². The lowest BCUT2D eigenvalue weighted by Crippen LogP contribution is -2.06. The first-order chi connectivity index (χ1) is 9.38. The molecule has 2 rings (SSSR count). The van der Waals surface area contributed by atoms with Crippen molar-refractivity contribution in [2.45, 2.75) is 6.61 Å². The van der Waals surface area contributed by atoms with Crippen LogP contribution in [0.4, 0.5) is 0 Å². The Hall–Kier alpha value is -2.31. The lowest BCUT2D eigenvalue weighted by atomic mass is 10.1. The highest BCUT2D eigenvalue weighted by Gasteiger charge is 1.96. The number of benzene rings is 2. The molecule has 0 saturated heterocycles. The third kappa shape index (κ3) is 4.46. The Bertz CT molecular complexity index is 546. The van der Waals surface area contributed by atoms with Crippen LogP contribution in [0.25, 0.3) is 0 Å². The second kappa shape index (κ2) is 7.20. The molecule has 0 bridgehead atoms. The molecule has 2 aromatic carbocycles. The molecular formula is C16H15NO2. The van der Waals surface area contributed by atoms with Crippen LogP contribution in [0.3, 0.4) is 0 Å². The average molecular weight is 253 g/mol. The third-order valence-electron chi connectivity index (χ3n) is 2.56. The standard InChI is InChI=1S/C16H15NO2/c17-12-14-5-4-6-15(11-14)13-18-9-10-19-16-7-2-1-3-8-16/h1-8,11H,9-10,13H2. The van der Waals surface area contributed by atoms with Crippen molar-refractivity contribution < 1.29 is 9.47 Å². The first-order valence-electron chi connectivity index (χ1n) is 6.13. The van der Waals surface area contributed by atoms with E-state index in [-0.39, 0.29) is 0 Å². The van der Waals surface area contributed by atoms with E-state index in [4.69, 9.17) is 14.7 Å². The van der Waals surface area contributed by atoms with Gasteiger partial charge in [0, 0.05) is 0 Å². The minimum absolute atomic E-state index is 0.494. The van der Waals surface area contributed by atoms with Gasteiger partial charge in [-0.3, -0.25) is 0 Å². The van der Waals surface area contributed by atoms with Gasteiger partial charge in [0.25, 0.3) is 0 Å². The number of hydrogen-bond acceptors (Lipinski definition) is 3. The van der Waals surface area contributed by atoms with E-state index in [0.717, 1.165) is 11.3 Å². The molecule has 2 aromatic rings. The van der Waals surface area contributed by atoms with E-state index in [1.165, 1.54) is 0 Å². The van der Waals surface area contributed by atoms with Crippen molar-refractivity contribution in [3.8, 4) is 11.8 Å². The number of rotatable bonds is 6. The van der Waals surface area contributed by atoms with Crippen LogP contribution < -0.4 is 4.74 Å². The summed E-state index contributed by atoms with van der Waals surface area (Å²) >= 11 is 0. The van der Waals surface area contributed by atoms with Gasteiger partial charge in [0.1, 0.15) is 12.4 Å². The van der Waals surface area contributed by atoms with Crippen molar-refractivity contribution in [2.24, 2.45) is 0 Å². The van der Waals surface area contributed by atoms with Crippen LogP contribution in [-0.2, 0) is 11.3 Å². The van der Waals surface area contributed by atoms with Gasteiger partial charge in [0.2, 0.25) is 0 Å². The maximum absolute atomic E-state index is 8.79. The molecule has 0 atom stereocenters. The van der Waals surface area contributed by atoms with Crippen LogP contribution in [0, 0.1) is 11.3 Å². The van der Waals surface area contributed by atoms with E-state index < -0.39 is 0 Å². The second-order valence-corrected chi connectivity index (χ2v) is 4.03. The fourth-order valence-electron chi connectivity index (χ4n) is 1.66. The summed E-state index contributed by atoms with van der Waals surface area (Å²) in [4.78, 5) is 0. The molecule has 0 saturated carbocycles. The molecular weight excluding hydrogens is 238 g/mol. The zero-order chi connectivity index (χ0) is 13.3. The number of hydrogen-bond donors (Lipinski definition) is 0. The highest BCUT2D eigenvalue weighted by molar-refractivity contribution is 5.32. The van der Waals surface area contributed by atoms with Crippen LogP contribution in [0.5, 0.6) is 5.75 Å². The van der Waals surface area contributed by atoms with Crippen molar-refractivity contribution in [1.29, 1.82) is 5.26 Å². The summed E-state index contributed by atoms with van der Waals surface area (Å²) in [5.74, 6) is 0.845. The Balaban J connectivity index is 1.68. The maximum atomic E-state index is 8.79. The van der Waals surface area contributed by atoms with E-state index in [0.29, 0.717) is 25.4 Å². The van der Waals surface area contributed by atoms with E-state index >= 15 is 0 Å². The molecule has 0 spiro atoms. The zero-order valence-corrected chi connectivity index (χ0v) is 10.6. The minimum atomic E-state index is 0.494. The lowest BCUT2D eigenvalue weighted by Gasteiger charge is -2.07. The fourth-order valence-corrected chi connectivity index (χ4v) is 1.66. The highest BCUT2D eigenvalue weighted by Crippen LogP contribution is 2.08. The SMILES string of the molecule is N#Cc1cccc(COCCOc2ccccc2)c1. The molecule has 0 radical (unpaired) electrons. The van der Waals surface area contributed by atoms with E-state index in [1.54, 1.807) is 6.07 Å². The molecule has 3 heteroatoms. The van der Waals surface area contributed by atoms with Crippen LogP contribution >= 0.6 is 0 Å². The predicted octanol–water partition coefficient (Wildman–Crippen LogP) is 3.15. The van der Waals surface area contributed by atoms with Gasteiger partial charge in [-0.2, -0.15) is 5.26 Å². The first kappa shape index (κ1) is 13.1. The Labute approximate surface area is 113 Å². The monoisotopic (exact) mass is 253 g/mol. The lowest BCUT2D eigenvalue weighted by molar-refractivity contribution is 0.0889. The number of nitriles is 1. The molecule has 0 amide bonds. The van der Waals surface area contributed by atoms with Crippen LogP contribution in [-0.4, -0.2) is 13.2 Å². The molecule has 0 aromatic heterocycles. The normalized spacial score (nSPS) is 9.84. The van der Waals surface area contributed by atoms with Crippen molar-refractivity contribution in [2.75, 3.05) is 13.2 Å². The van der Waals surface area contributed by atoms with Gasteiger partial charge >= 0.3 is 0 Å². The summed E-state index contributed by atoms with van der Waals surface area (Å²) in [5, 5.41) is 8.79. The number of nitrogens with zero attached hydrogens (tertiary/aromatic N) is 1. The Kier molecular flexibility index (Phi) is 4.97. The zero-order valence-electron chi connectivity index (χ0n) is 10.6. The molecule has 0 aliphatic carbocycles. The van der Waals surface area contributed by atoms with E-state index in [9.17, 15) is 0 Å². The summed E-state index contributed by atoms with van der Waals surface area (Å²) < 4.78 is 11.0.